The second kappa shape index (κ2) is 9.71. The molecule has 29 heavy (non-hydrogen) atoms. The van der Waals surface area contributed by atoms with E-state index in [1.54, 1.807) is 42.5 Å². The van der Waals surface area contributed by atoms with Crippen LogP contribution < -0.4 is 10.1 Å². The van der Waals surface area contributed by atoms with Crippen molar-refractivity contribution in [3.63, 3.8) is 0 Å². The molecular weight excluding hydrogens is 386 g/mol. The van der Waals surface area contributed by atoms with Crippen molar-refractivity contribution in [3.05, 3.63) is 88.1 Å². The van der Waals surface area contributed by atoms with E-state index in [1.807, 2.05) is 36.6 Å². The van der Waals surface area contributed by atoms with Crippen LogP contribution in [0.2, 0.25) is 0 Å². The molecule has 0 spiro atoms. The minimum atomic E-state index is -1.10. The largest absolute Gasteiger partial charge is 0.495 e. The predicted molar refractivity (Wildman–Crippen MR) is 115 cm³/mol. The Hall–Kier alpha value is -3.38. The molecule has 0 radical (unpaired) electrons. The van der Waals surface area contributed by atoms with E-state index in [0.717, 1.165) is 10.4 Å². The van der Waals surface area contributed by atoms with Gasteiger partial charge in [-0.05, 0) is 42.1 Å². The lowest BCUT2D eigenvalue weighted by molar-refractivity contribution is -0.149. The Bertz CT molecular complexity index is 997. The van der Waals surface area contributed by atoms with Crippen molar-refractivity contribution >= 4 is 35.0 Å². The monoisotopic (exact) mass is 407 g/mol. The molecule has 0 saturated carbocycles. The minimum absolute atomic E-state index is 0.460. The number of rotatable bonds is 7. The molecule has 148 valence electrons. The lowest BCUT2D eigenvalue weighted by atomic mass is 10.1. The van der Waals surface area contributed by atoms with Crippen LogP contribution in [-0.4, -0.2) is 19.0 Å². The number of benzene rings is 2. The number of carbonyl (C=O) groups excluding carboxylic acids is 2. The Kier molecular flexibility index (Phi) is 6.81. The molecule has 1 amide bonds. The fraction of sp³-hybridized carbons (Fsp3) is 0.130. The van der Waals surface area contributed by atoms with Crippen LogP contribution in [0.5, 0.6) is 5.75 Å². The molecule has 2 aromatic carbocycles. The van der Waals surface area contributed by atoms with Crippen molar-refractivity contribution in [2.24, 2.45) is 0 Å². The summed E-state index contributed by atoms with van der Waals surface area (Å²) in [6.07, 6.45) is 1.89. The van der Waals surface area contributed by atoms with Crippen LogP contribution in [0.1, 0.15) is 22.1 Å². The highest BCUT2D eigenvalue weighted by atomic mass is 32.1. The third kappa shape index (κ3) is 5.56. The van der Waals surface area contributed by atoms with Gasteiger partial charge in [-0.15, -0.1) is 11.3 Å². The van der Waals surface area contributed by atoms with Crippen molar-refractivity contribution < 1.29 is 19.1 Å². The second-order valence-electron chi connectivity index (χ2n) is 6.27. The van der Waals surface area contributed by atoms with Crippen LogP contribution >= 0.6 is 11.3 Å². The third-order valence-corrected chi connectivity index (χ3v) is 4.95. The van der Waals surface area contributed by atoms with Crippen molar-refractivity contribution in [2.45, 2.75) is 13.0 Å². The number of thiophene rings is 1. The Morgan fingerprint density at radius 1 is 1.07 bits per heavy atom. The number of hydrogen-bond donors (Lipinski definition) is 1. The summed E-state index contributed by atoms with van der Waals surface area (Å²) in [5.74, 6) is -0.531. The van der Waals surface area contributed by atoms with E-state index in [9.17, 15) is 9.59 Å². The normalized spacial score (nSPS) is 11.8. The van der Waals surface area contributed by atoms with Crippen molar-refractivity contribution in [1.29, 1.82) is 0 Å². The zero-order chi connectivity index (χ0) is 20.6. The molecule has 1 heterocycles. The number of esters is 1. The molecule has 1 N–H and O–H groups in total. The maximum absolute atomic E-state index is 13.0. The van der Waals surface area contributed by atoms with E-state index < -0.39 is 18.0 Å². The number of hydrogen-bond acceptors (Lipinski definition) is 5. The molecule has 3 rings (SSSR count). The molecular formula is C23H21NO4S. The van der Waals surface area contributed by atoms with Crippen LogP contribution in [0.3, 0.4) is 0 Å². The number of ether oxygens (including phenoxy) is 2. The molecule has 0 aliphatic rings. The van der Waals surface area contributed by atoms with Gasteiger partial charge in [-0.25, -0.2) is 4.79 Å². The first-order valence-corrected chi connectivity index (χ1v) is 9.87. The fourth-order valence-electron chi connectivity index (χ4n) is 2.71. The molecule has 1 atom stereocenters. The van der Waals surface area contributed by atoms with Gasteiger partial charge in [-0.1, -0.05) is 42.5 Å². The van der Waals surface area contributed by atoms with Crippen LogP contribution in [0.4, 0.5) is 5.69 Å². The van der Waals surface area contributed by atoms with Gasteiger partial charge in [-0.2, -0.15) is 0 Å². The van der Waals surface area contributed by atoms with Gasteiger partial charge in [0.2, 0.25) is 6.10 Å². The van der Waals surface area contributed by atoms with Gasteiger partial charge >= 0.3 is 5.97 Å². The molecule has 0 aliphatic carbocycles. The number of anilines is 1. The summed E-state index contributed by atoms with van der Waals surface area (Å²) in [6, 6.07) is 18.2. The molecule has 0 fully saturated rings. The number of nitrogens with one attached hydrogen (secondary N) is 1. The summed E-state index contributed by atoms with van der Waals surface area (Å²) in [4.78, 5) is 26.3. The van der Waals surface area contributed by atoms with Gasteiger partial charge in [-0.3, -0.25) is 4.79 Å². The Morgan fingerprint density at radius 3 is 2.55 bits per heavy atom. The first kappa shape index (κ1) is 20.4. The Morgan fingerprint density at radius 2 is 1.86 bits per heavy atom. The second-order valence-corrected chi connectivity index (χ2v) is 7.25. The SMILES string of the molecule is COc1ccc(C)cc1NC(=O)[C@H](OC(=O)/C=C/c1cccs1)c1ccccc1. The van der Waals surface area contributed by atoms with Gasteiger partial charge < -0.3 is 14.8 Å². The molecule has 6 heteroatoms. The quantitative estimate of drug-likeness (QED) is 0.442. The summed E-state index contributed by atoms with van der Waals surface area (Å²) in [6.45, 7) is 1.92. The van der Waals surface area contributed by atoms with Crippen LogP contribution in [0.25, 0.3) is 6.08 Å². The number of amides is 1. The highest BCUT2D eigenvalue weighted by Crippen LogP contribution is 2.28. The lowest BCUT2D eigenvalue weighted by Crippen LogP contribution is -2.25. The molecule has 0 bridgehead atoms. The summed E-state index contributed by atoms with van der Waals surface area (Å²) in [5, 5.41) is 4.73. The first-order valence-electron chi connectivity index (χ1n) is 8.99. The number of methoxy groups -OCH3 is 1. The highest BCUT2D eigenvalue weighted by molar-refractivity contribution is 7.10. The van der Waals surface area contributed by atoms with Crippen LogP contribution in [0, 0.1) is 6.92 Å². The van der Waals surface area contributed by atoms with E-state index in [4.69, 9.17) is 9.47 Å². The molecule has 3 aromatic rings. The average molecular weight is 407 g/mol. The van der Waals surface area contributed by atoms with Gasteiger partial charge in [0.1, 0.15) is 5.75 Å². The Labute approximate surface area is 173 Å². The maximum atomic E-state index is 13.0. The van der Waals surface area contributed by atoms with E-state index in [1.165, 1.54) is 24.5 Å². The predicted octanol–water partition coefficient (Wildman–Crippen LogP) is 5.00. The summed E-state index contributed by atoms with van der Waals surface area (Å²) < 4.78 is 10.8. The fourth-order valence-corrected chi connectivity index (χ4v) is 3.33. The Balaban J connectivity index is 1.81. The topological polar surface area (TPSA) is 64.6 Å². The summed E-state index contributed by atoms with van der Waals surface area (Å²) in [7, 11) is 1.53. The van der Waals surface area contributed by atoms with Gasteiger partial charge in [0, 0.05) is 16.5 Å². The average Bonchev–Trinajstić information content (AvgIpc) is 3.25. The smallest absolute Gasteiger partial charge is 0.331 e. The van der Waals surface area contributed by atoms with Crippen LogP contribution in [-0.2, 0) is 14.3 Å². The van der Waals surface area contributed by atoms with Crippen molar-refractivity contribution in [3.8, 4) is 5.75 Å². The van der Waals surface area contributed by atoms with Gasteiger partial charge in [0.15, 0.2) is 0 Å². The van der Waals surface area contributed by atoms with Crippen molar-refractivity contribution in [1.82, 2.24) is 0 Å². The van der Waals surface area contributed by atoms with E-state index >= 15 is 0 Å². The zero-order valence-electron chi connectivity index (χ0n) is 16.1. The van der Waals surface area contributed by atoms with Gasteiger partial charge in [0.05, 0.1) is 12.8 Å². The van der Waals surface area contributed by atoms with Gasteiger partial charge in [0.25, 0.3) is 5.91 Å². The van der Waals surface area contributed by atoms with E-state index in [0.29, 0.717) is 17.0 Å². The minimum Gasteiger partial charge on any atom is -0.495 e. The lowest BCUT2D eigenvalue weighted by Gasteiger charge is -2.18. The molecule has 5 nitrogen and oxygen atoms in total. The summed E-state index contributed by atoms with van der Waals surface area (Å²) >= 11 is 1.51. The highest BCUT2D eigenvalue weighted by Gasteiger charge is 2.25. The number of aryl methyl sites for hydroxylation is 1. The van der Waals surface area contributed by atoms with E-state index in [2.05, 4.69) is 5.32 Å². The maximum Gasteiger partial charge on any atom is 0.331 e. The molecule has 1 aromatic heterocycles. The van der Waals surface area contributed by atoms with Crippen molar-refractivity contribution in [2.75, 3.05) is 12.4 Å². The third-order valence-electron chi connectivity index (χ3n) is 4.11. The molecule has 0 aliphatic heterocycles. The van der Waals surface area contributed by atoms with Crippen LogP contribution in [0.15, 0.2) is 72.1 Å². The molecule has 0 saturated heterocycles. The van der Waals surface area contributed by atoms with E-state index in [-0.39, 0.29) is 0 Å². The summed E-state index contributed by atoms with van der Waals surface area (Å²) in [5.41, 5.74) is 2.06. The standard InChI is InChI=1S/C23H21NO4S/c1-16-10-12-20(27-2)19(15-16)24-23(26)22(17-7-4-3-5-8-17)28-21(25)13-11-18-9-6-14-29-18/h3-15,22H,1-2H3,(H,24,26)/b13-11+/t22-/m1/s1. The zero-order valence-corrected chi connectivity index (χ0v) is 16.9. The first-order chi connectivity index (χ1) is 14.1. The molecule has 0 unspecified atom stereocenters. The number of carbonyl (C=O) groups is 2.